The zero-order valence-corrected chi connectivity index (χ0v) is 15.0. The molecule has 138 valence electrons. The molecule has 3 N–H and O–H groups in total. The van der Waals surface area contributed by atoms with Gasteiger partial charge >= 0.3 is 0 Å². The average Bonchev–Trinajstić information content (AvgIpc) is 3.25. The van der Waals surface area contributed by atoms with E-state index in [2.05, 4.69) is 20.5 Å². The molecule has 0 radical (unpaired) electrons. The molecule has 1 unspecified atom stereocenters. The lowest BCUT2D eigenvalue weighted by Gasteiger charge is -2.12. The number of pyridine rings is 1. The Morgan fingerprint density at radius 1 is 1.33 bits per heavy atom. The Morgan fingerprint density at radius 2 is 2.11 bits per heavy atom. The zero-order valence-electron chi connectivity index (χ0n) is 15.0. The van der Waals surface area contributed by atoms with Crippen molar-refractivity contribution >= 4 is 22.7 Å². The Balaban J connectivity index is 1.67. The minimum atomic E-state index is -0.203. The molecule has 0 spiro atoms. The minimum Gasteiger partial charge on any atom is -0.508 e. The van der Waals surface area contributed by atoms with Crippen molar-refractivity contribution in [3.63, 3.8) is 0 Å². The summed E-state index contributed by atoms with van der Waals surface area (Å²) in [4.78, 5) is 28.8. The predicted molar refractivity (Wildman–Crippen MR) is 100 cm³/mol. The number of nitrogens with zero attached hydrogens (tertiary/aromatic N) is 2. The van der Waals surface area contributed by atoms with Gasteiger partial charge in [-0.25, -0.2) is 4.98 Å². The van der Waals surface area contributed by atoms with Crippen LogP contribution in [0.3, 0.4) is 0 Å². The van der Waals surface area contributed by atoms with Gasteiger partial charge in [0.1, 0.15) is 11.5 Å². The summed E-state index contributed by atoms with van der Waals surface area (Å²) in [5.74, 6) is 0.437. The second-order valence-corrected chi connectivity index (χ2v) is 7.01. The Bertz CT molecular complexity index is 1020. The number of Topliss-reactive ketones (excluding diaryl/α,β-unsaturated/α-hetero) is 1. The molecular weight excluding hydrogens is 344 g/mol. The summed E-state index contributed by atoms with van der Waals surface area (Å²) in [6.07, 6.45) is 1.97. The number of aromatic nitrogens is 3. The van der Waals surface area contributed by atoms with E-state index in [1.54, 1.807) is 30.3 Å². The lowest BCUT2D eigenvalue weighted by molar-refractivity contribution is -0.117. The van der Waals surface area contributed by atoms with Crippen molar-refractivity contribution in [3.05, 3.63) is 41.6 Å². The molecule has 7 heteroatoms. The van der Waals surface area contributed by atoms with E-state index in [1.807, 2.05) is 6.92 Å². The number of aromatic hydroxyl groups is 1. The van der Waals surface area contributed by atoms with Crippen molar-refractivity contribution in [1.29, 1.82) is 0 Å². The molecule has 2 aromatic heterocycles. The van der Waals surface area contributed by atoms with Gasteiger partial charge in [0.05, 0.1) is 16.6 Å². The summed E-state index contributed by atoms with van der Waals surface area (Å²) in [7, 11) is 0. The topological polar surface area (TPSA) is 108 Å². The molecule has 1 aliphatic rings. The van der Waals surface area contributed by atoms with E-state index in [0.29, 0.717) is 41.7 Å². The highest BCUT2D eigenvalue weighted by Gasteiger charge is 2.24. The van der Waals surface area contributed by atoms with Crippen molar-refractivity contribution < 1.29 is 14.7 Å². The third kappa shape index (κ3) is 3.40. The van der Waals surface area contributed by atoms with Crippen molar-refractivity contribution in [1.82, 2.24) is 20.5 Å². The molecule has 1 amide bonds. The number of amides is 1. The van der Waals surface area contributed by atoms with Gasteiger partial charge in [0.25, 0.3) is 5.91 Å². The monoisotopic (exact) mass is 364 g/mol. The first-order valence-corrected chi connectivity index (χ1v) is 8.96. The number of carbonyl (C=O) groups is 2. The number of hydrogen-bond acceptors (Lipinski definition) is 5. The zero-order chi connectivity index (χ0) is 19.0. The SMILES string of the molecule is Cc1[nH]nc2nc(-c3ccc(O)cc3)cc(C(=O)NCC3CCC(=O)C3)c12. The molecule has 1 atom stereocenters. The highest BCUT2D eigenvalue weighted by Crippen LogP contribution is 2.27. The summed E-state index contributed by atoms with van der Waals surface area (Å²) in [6.45, 7) is 2.34. The minimum absolute atomic E-state index is 0.166. The average molecular weight is 364 g/mol. The summed E-state index contributed by atoms with van der Waals surface area (Å²) < 4.78 is 0. The molecule has 1 saturated carbocycles. The Labute approximate surface area is 155 Å². The van der Waals surface area contributed by atoms with Gasteiger partial charge in [-0.05, 0) is 49.6 Å². The summed E-state index contributed by atoms with van der Waals surface area (Å²) in [5, 5.41) is 20.2. The number of aromatic amines is 1. The van der Waals surface area contributed by atoms with E-state index in [1.165, 1.54) is 0 Å². The van der Waals surface area contributed by atoms with Gasteiger partial charge in [-0.3, -0.25) is 14.7 Å². The van der Waals surface area contributed by atoms with Crippen LogP contribution in [-0.2, 0) is 4.79 Å². The highest BCUT2D eigenvalue weighted by atomic mass is 16.3. The van der Waals surface area contributed by atoms with Crippen LogP contribution in [0.2, 0.25) is 0 Å². The largest absolute Gasteiger partial charge is 0.508 e. The standard InChI is InChI=1S/C20H20N4O3/c1-11-18-16(20(27)21-10-12-2-5-15(26)8-12)9-17(22-19(18)24-23-11)13-3-6-14(25)7-4-13/h3-4,6-7,9,12,25H,2,5,8,10H2,1H3,(H,21,27)(H,22,23,24). The summed E-state index contributed by atoms with van der Waals surface area (Å²) in [6, 6.07) is 8.39. The van der Waals surface area contributed by atoms with Crippen LogP contribution in [0.15, 0.2) is 30.3 Å². The number of carbonyl (C=O) groups excluding carboxylic acids is 2. The van der Waals surface area contributed by atoms with Crippen LogP contribution in [0, 0.1) is 12.8 Å². The van der Waals surface area contributed by atoms with Crippen LogP contribution in [0.4, 0.5) is 0 Å². The van der Waals surface area contributed by atoms with Gasteiger partial charge in [-0.2, -0.15) is 5.10 Å². The predicted octanol–water partition coefficient (Wildman–Crippen LogP) is 2.74. The molecule has 7 nitrogen and oxygen atoms in total. The van der Waals surface area contributed by atoms with Gasteiger partial charge < -0.3 is 10.4 Å². The molecule has 2 heterocycles. The number of rotatable bonds is 4. The first-order valence-electron chi connectivity index (χ1n) is 8.96. The fraction of sp³-hybridized carbons (Fsp3) is 0.300. The van der Waals surface area contributed by atoms with Crippen molar-refractivity contribution in [2.24, 2.45) is 5.92 Å². The fourth-order valence-corrected chi connectivity index (χ4v) is 3.53. The van der Waals surface area contributed by atoms with Crippen molar-refractivity contribution in [3.8, 4) is 17.0 Å². The van der Waals surface area contributed by atoms with Gasteiger partial charge in [0, 0.05) is 30.6 Å². The molecule has 0 saturated heterocycles. The Hall–Kier alpha value is -3.22. The van der Waals surface area contributed by atoms with Crippen LogP contribution in [0.25, 0.3) is 22.3 Å². The lowest BCUT2D eigenvalue weighted by atomic mass is 10.0. The van der Waals surface area contributed by atoms with Crippen LogP contribution < -0.4 is 5.32 Å². The van der Waals surface area contributed by atoms with E-state index < -0.39 is 0 Å². The van der Waals surface area contributed by atoms with E-state index in [4.69, 9.17) is 0 Å². The number of ketones is 1. The lowest BCUT2D eigenvalue weighted by Crippen LogP contribution is -2.28. The van der Waals surface area contributed by atoms with Crippen molar-refractivity contribution in [2.75, 3.05) is 6.54 Å². The second kappa shape index (κ2) is 6.83. The molecule has 0 bridgehead atoms. The van der Waals surface area contributed by atoms with E-state index >= 15 is 0 Å². The number of H-pyrrole nitrogens is 1. The summed E-state index contributed by atoms with van der Waals surface area (Å²) >= 11 is 0. The molecule has 1 aromatic carbocycles. The first-order chi connectivity index (χ1) is 13.0. The van der Waals surface area contributed by atoms with Gasteiger partial charge in [0.15, 0.2) is 5.65 Å². The maximum Gasteiger partial charge on any atom is 0.252 e. The molecule has 1 aliphatic carbocycles. The molecule has 4 rings (SSSR count). The van der Waals surface area contributed by atoms with Gasteiger partial charge in [-0.1, -0.05) is 0 Å². The Kier molecular flexibility index (Phi) is 4.35. The number of nitrogens with one attached hydrogen (secondary N) is 2. The van der Waals surface area contributed by atoms with E-state index in [-0.39, 0.29) is 23.4 Å². The highest BCUT2D eigenvalue weighted by molar-refractivity contribution is 6.07. The number of hydrogen-bond donors (Lipinski definition) is 3. The van der Waals surface area contributed by atoms with E-state index in [0.717, 1.165) is 17.7 Å². The fourth-order valence-electron chi connectivity index (χ4n) is 3.53. The smallest absolute Gasteiger partial charge is 0.252 e. The number of phenols is 1. The van der Waals surface area contributed by atoms with Crippen LogP contribution in [0.5, 0.6) is 5.75 Å². The molecule has 1 fully saturated rings. The molecule has 3 aromatic rings. The van der Waals surface area contributed by atoms with Gasteiger partial charge in [-0.15, -0.1) is 0 Å². The quantitative estimate of drug-likeness (QED) is 0.660. The number of fused-ring (bicyclic) bond motifs is 1. The third-order valence-corrected chi connectivity index (χ3v) is 5.01. The van der Waals surface area contributed by atoms with E-state index in [9.17, 15) is 14.7 Å². The van der Waals surface area contributed by atoms with Crippen molar-refractivity contribution in [2.45, 2.75) is 26.2 Å². The second-order valence-electron chi connectivity index (χ2n) is 7.01. The molecule has 0 aliphatic heterocycles. The maximum absolute atomic E-state index is 12.9. The van der Waals surface area contributed by atoms with Crippen LogP contribution in [0.1, 0.15) is 35.3 Å². The van der Waals surface area contributed by atoms with Gasteiger partial charge in [0.2, 0.25) is 0 Å². The van der Waals surface area contributed by atoms with Crippen LogP contribution >= 0.6 is 0 Å². The maximum atomic E-state index is 12.9. The number of benzene rings is 1. The molecule has 27 heavy (non-hydrogen) atoms. The third-order valence-electron chi connectivity index (χ3n) is 5.01. The number of aryl methyl sites for hydroxylation is 1. The Morgan fingerprint density at radius 3 is 2.81 bits per heavy atom. The molecular formula is C20H20N4O3. The number of phenolic OH excluding ortho intramolecular Hbond substituents is 1. The summed E-state index contributed by atoms with van der Waals surface area (Å²) in [5.41, 5.74) is 3.13. The normalized spacial score (nSPS) is 16.8. The first kappa shape index (κ1) is 17.2. The van der Waals surface area contributed by atoms with Crippen LogP contribution in [-0.4, -0.2) is 38.5 Å².